The highest BCUT2D eigenvalue weighted by Crippen LogP contribution is 2.22. The normalized spacial score (nSPS) is 16.4. The van der Waals surface area contributed by atoms with Gasteiger partial charge in [-0.25, -0.2) is 8.42 Å². The molecule has 6 heteroatoms. The molecule has 19 heavy (non-hydrogen) atoms. The van der Waals surface area contributed by atoms with E-state index >= 15 is 0 Å². The molecular formula is C13H18ClNO3S. The van der Waals surface area contributed by atoms with Crippen LogP contribution in [0.15, 0.2) is 30.3 Å². The number of carbonyl (C=O) groups is 1. The summed E-state index contributed by atoms with van der Waals surface area (Å²) in [6.45, 7) is 3.13. The second kappa shape index (κ2) is 5.92. The Hall–Kier alpha value is -1.07. The van der Waals surface area contributed by atoms with Gasteiger partial charge in [-0.3, -0.25) is 4.79 Å². The molecule has 1 rings (SSSR count). The maximum absolute atomic E-state index is 12.0. The Morgan fingerprint density at radius 1 is 1.37 bits per heavy atom. The fourth-order valence-electron chi connectivity index (χ4n) is 1.56. The van der Waals surface area contributed by atoms with Gasteiger partial charge >= 0.3 is 0 Å². The first-order valence-corrected chi connectivity index (χ1v) is 8.32. The lowest BCUT2D eigenvalue weighted by Crippen LogP contribution is -2.49. The summed E-state index contributed by atoms with van der Waals surface area (Å²) in [5.41, 5.74) is 0.0396. The van der Waals surface area contributed by atoms with Gasteiger partial charge in [-0.1, -0.05) is 30.3 Å². The number of hydrogen-bond acceptors (Lipinski definition) is 3. The van der Waals surface area contributed by atoms with Crippen molar-refractivity contribution in [3.8, 4) is 0 Å². The first-order chi connectivity index (χ1) is 8.70. The van der Waals surface area contributed by atoms with Crippen LogP contribution in [0.2, 0.25) is 0 Å². The van der Waals surface area contributed by atoms with Crippen molar-refractivity contribution in [3.63, 3.8) is 0 Å². The fourth-order valence-corrected chi connectivity index (χ4v) is 2.23. The molecule has 4 nitrogen and oxygen atoms in total. The van der Waals surface area contributed by atoms with Gasteiger partial charge in [-0.2, -0.15) is 0 Å². The molecule has 0 radical (unpaired) electrons. The van der Waals surface area contributed by atoms with Gasteiger partial charge in [0.2, 0.25) is 5.91 Å². The van der Waals surface area contributed by atoms with E-state index in [0.29, 0.717) is 0 Å². The molecule has 1 aromatic carbocycles. The third-order valence-electron chi connectivity index (χ3n) is 3.09. The van der Waals surface area contributed by atoms with Crippen molar-refractivity contribution < 1.29 is 13.2 Å². The average Bonchev–Trinajstić information content (AvgIpc) is 2.37. The van der Waals surface area contributed by atoms with Gasteiger partial charge in [0, 0.05) is 12.1 Å². The number of carbonyl (C=O) groups excluding carboxylic acids is 1. The molecule has 1 N–H and O–H groups in total. The number of benzene rings is 1. The van der Waals surface area contributed by atoms with E-state index in [2.05, 4.69) is 5.32 Å². The predicted molar refractivity (Wildman–Crippen MR) is 77.0 cm³/mol. The van der Waals surface area contributed by atoms with Crippen LogP contribution in [0.25, 0.3) is 0 Å². The molecule has 106 valence electrons. The lowest BCUT2D eigenvalue weighted by molar-refractivity contribution is -0.122. The van der Waals surface area contributed by atoms with Crippen LogP contribution in [0, 0.1) is 0 Å². The Labute approximate surface area is 119 Å². The van der Waals surface area contributed by atoms with Gasteiger partial charge in [-0.05, 0) is 19.4 Å². The van der Waals surface area contributed by atoms with Crippen LogP contribution in [0.5, 0.6) is 0 Å². The molecular weight excluding hydrogens is 286 g/mol. The first kappa shape index (κ1) is 16.0. The van der Waals surface area contributed by atoms with E-state index in [4.69, 9.17) is 11.6 Å². The summed E-state index contributed by atoms with van der Waals surface area (Å²) in [7, 11) is -3.42. The molecule has 0 aliphatic rings. The summed E-state index contributed by atoms with van der Waals surface area (Å²) in [6.07, 6.45) is 1.04. The highest BCUT2D eigenvalue weighted by molar-refractivity contribution is 7.92. The predicted octanol–water partition coefficient (Wildman–Crippen LogP) is 1.69. The van der Waals surface area contributed by atoms with Crippen molar-refractivity contribution in [2.24, 2.45) is 0 Å². The molecule has 0 heterocycles. The van der Waals surface area contributed by atoms with Crippen molar-refractivity contribution in [1.82, 2.24) is 5.32 Å². The molecule has 0 saturated carbocycles. The van der Waals surface area contributed by atoms with Crippen molar-refractivity contribution in [2.75, 3.05) is 12.1 Å². The maximum atomic E-state index is 12.0. The number of amides is 1. The van der Waals surface area contributed by atoms with E-state index in [1.165, 1.54) is 6.92 Å². The SMILES string of the molecule is CC(C(=O)NC(C)(CCl)c1ccccc1)S(C)(=O)=O. The molecule has 0 bridgehead atoms. The zero-order valence-corrected chi connectivity index (χ0v) is 12.8. The lowest BCUT2D eigenvalue weighted by atomic mass is 9.94. The van der Waals surface area contributed by atoms with Crippen LogP contribution in [0.3, 0.4) is 0 Å². The smallest absolute Gasteiger partial charge is 0.238 e. The number of rotatable bonds is 5. The summed E-state index contributed by atoms with van der Waals surface area (Å²) >= 11 is 5.94. The Balaban J connectivity index is 2.98. The van der Waals surface area contributed by atoms with E-state index in [1.54, 1.807) is 6.92 Å². The Bertz CT molecular complexity index is 544. The highest BCUT2D eigenvalue weighted by Gasteiger charge is 2.32. The monoisotopic (exact) mass is 303 g/mol. The van der Waals surface area contributed by atoms with Crippen molar-refractivity contribution in [1.29, 1.82) is 0 Å². The molecule has 0 aromatic heterocycles. The van der Waals surface area contributed by atoms with Gasteiger partial charge in [0.1, 0.15) is 5.25 Å². The van der Waals surface area contributed by atoms with Crippen LogP contribution >= 0.6 is 11.6 Å². The van der Waals surface area contributed by atoms with Gasteiger partial charge in [0.15, 0.2) is 9.84 Å². The van der Waals surface area contributed by atoms with Crippen molar-refractivity contribution >= 4 is 27.3 Å². The van der Waals surface area contributed by atoms with E-state index < -0.39 is 26.5 Å². The van der Waals surface area contributed by atoms with E-state index in [9.17, 15) is 13.2 Å². The summed E-state index contributed by atoms with van der Waals surface area (Å²) in [5, 5.41) is 1.62. The zero-order chi connectivity index (χ0) is 14.7. The molecule has 2 unspecified atom stereocenters. The Kier molecular flexibility index (Phi) is 4.98. The highest BCUT2D eigenvalue weighted by atomic mass is 35.5. The minimum atomic E-state index is -3.42. The molecule has 0 fully saturated rings. The quantitative estimate of drug-likeness (QED) is 0.842. The number of nitrogens with one attached hydrogen (secondary N) is 1. The lowest BCUT2D eigenvalue weighted by Gasteiger charge is -2.30. The summed E-state index contributed by atoms with van der Waals surface area (Å²) in [4.78, 5) is 12.0. The van der Waals surface area contributed by atoms with Crippen LogP contribution in [-0.4, -0.2) is 31.7 Å². The summed E-state index contributed by atoms with van der Waals surface area (Å²) in [6, 6.07) is 9.22. The molecule has 0 spiro atoms. The standard InChI is InChI=1S/C13H18ClNO3S/c1-10(19(3,17)18)12(16)15-13(2,9-14)11-7-5-4-6-8-11/h4-8,10H,9H2,1-3H3,(H,15,16). The van der Waals surface area contributed by atoms with Gasteiger partial charge < -0.3 is 5.32 Å². The number of alkyl halides is 1. The fraction of sp³-hybridized carbons (Fsp3) is 0.462. The van der Waals surface area contributed by atoms with Crippen molar-refractivity contribution in [3.05, 3.63) is 35.9 Å². The first-order valence-electron chi connectivity index (χ1n) is 5.83. The van der Waals surface area contributed by atoms with Crippen LogP contribution in [0.4, 0.5) is 0 Å². The molecule has 2 atom stereocenters. The van der Waals surface area contributed by atoms with Gasteiger partial charge in [-0.15, -0.1) is 11.6 Å². The van der Waals surface area contributed by atoms with Crippen LogP contribution < -0.4 is 5.32 Å². The third-order valence-corrected chi connectivity index (χ3v) is 5.12. The van der Waals surface area contributed by atoms with Gasteiger partial charge in [0.05, 0.1) is 5.54 Å². The Morgan fingerprint density at radius 3 is 2.32 bits per heavy atom. The second-order valence-corrected chi connectivity index (χ2v) is 7.43. The van der Waals surface area contributed by atoms with E-state index in [0.717, 1.165) is 11.8 Å². The summed E-state index contributed by atoms with van der Waals surface area (Å²) < 4.78 is 22.8. The molecule has 1 aromatic rings. The molecule has 1 amide bonds. The number of halogens is 1. The topological polar surface area (TPSA) is 63.2 Å². The van der Waals surface area contributed by atoms with E-state index in [-0.39, 0.29) is 5.88 Å². The number of sulfone groups is 1. The minimum absolute atomic E-state index is 0.152. The molecule has 0 saturated heterocycles. The largest absolute Gasteiger partial charge is 0.345 e. The second-order valence-electron chi connectivity index (χ2n) is 4.79. The van der Waals surface area contributed by atoms with Crippen molar-refractivity contribution in [2.45, 2.75) is 24.6 Å². The Morgan fingerprint density at radius 2 is 1.89 bits per heavy atom. The maximum Gasteiger partial charge on any atom is 0.238 e. The van der Waals surface area contributed by atoms with Gasteiger partial charge in [0.25, 0.3) is 0 Å². The summed E-state index contributed by atoms with van der Waals surface area (Å²) in [5.74, 6) is -0.395. The van der Waals surface area contributed by atoms with E-state index in [1.807, 2.05) is 30.3 Å². The minimum Gasteiger partial charge on any atom is -0.345 e. The molecule has 0 aliphatic heterocycles. The average molecular weight is 304 g/mol. The van der Waals surface area contributed by atoms with Crippen LogP contribution in [-0.2, 0) is 20.2 Å². The zero-order valence-electron chi connectivity index (χ0n) is 11.2. The molecule has 0 aliphatic carbocycles. The third kappa shape index (κ3) is 3.94. The number of hydrogen-bond donors (Lipinski definition) is 1. The van der Waals surface area contributed by atoms with Crippen LogP contribution in [0.1, 0.15) is 19.4 Å².